The second kappa shape index (κ2) is 8.15. The van der Waals surface area contributed by atoms with Gasteiger partial charge < -0.3 is 15.3 Å². The van der Waals surface area contributed by atoms with Crippen LogP contribution in [0.3, 0.4) is 0 Å². The Bertz CT molecular complexity index is 297. The van der Waals surface area contributed by atoms with Crippen molar-refractivity contribution >= 4 is 11.9 Å². The lowest BCUT2D eigenvalue weighted by molar-refractivity contribution is -0.138. The van der Waals surface area contributed by atoms with Crippen molar-refractivity contribution < 1.29 is 14.7 Å². The maximum atomic E-state index is 11.9. The van der Waals surface area contributed by atoms with E-state index in [-0.39, 0.29) is 12.3 Å². The molecule has 0 radical (unpaired) electrons. The summed E-state index contributed by atoms with van der Waals surface area (Å²) in [5.74, 6) is -0.0444. The summed E-state index contributed by atoms with van der Waals surface area (Å²) < 4.78 is 0. The number of rotatable bonds is 7. The number of amides is 1. The van der Waals surface area contributed by atoms with Crippen LogP contribution in [-0.2, 0) is 9.59 Å². The maximum absolute atomic E-state index is 11.9. The van der Waals surface area contributed by atoms with Crippen molar-refractivity contribution in [2.24, 2.45) is 5.92 Å². The molecule has 0 aromatic heterocycles. The van der Waals surface area contributed by atoms with Crippen molar-refractivity contribution in [2.45, 2.75) is 52.0 Å². The van der Waals surface area contributed by atoms with Crippen molar-refractivity contribution in [3.8, 4) is 0 Å². The maximum Gasteiger partial charge on any atom is 0.303 e. The Morgan fingerprint density at radius 1 is 1.26 bits per heavy atom. The first-order chi connectivity index (χ1) is 8.99. The molecule has 1 aliphatic heterocycles. The fourth-order valence-corrected chi connectivity index (χ4v) is 2.42. The molecule has 1 saturated heterocycles. The first-order valence-electron chi connectivity index (χ1n) is 7.22. The van der Waals surface area contributed by atoms with Gasteiger partial charge in [0.1, 0.15) is 0 Å². The number of nitrogens with one attached hydrogen (secondary N) is 1. The summed E-state index contributed by atoms with van der Waals surface area (Å²) in [6.45, 7) is 6.43. The molecule has 5 heteroatoms. The zero-order chi connectivity index (χ0) is 14.3. The van der Waals surface area contributed by atoms with Gasteiger partial charge in [-0.2, -0.15) is 0 Å². The normalized spacial score (nSPS) is 16.9. The number of aliphatic carboxylic acids is 1. The molecule has 1 amide bonds. The highest BCUT2D eigenvalue weighted by atomic mass is 16.4. The van der Waals surface area contributed by atoms with Crippen LogP contribution in [0, 0.1) is 5.92 Å². The molecular weight excluding hydrogens is 244 g/mol. The SMILES string of the molecule is CC(C)NCCC(=O)N1CCC(CCC(=O)O)CC1. The molecule has 1 aliphatic rings. The minimum Gasteiger partial charge on any atom is -0.481 e. The van der Waals surface area contributed by atoms with Gasteiger partial charge in [0.05, 0.1) is 0 Å². The number of carbonyl (C=O) groups excluding carboxylic acids is 1. The van der Waals surface area contributed by atoms with E-state index in [0.717, 1.165) is 38.9 Å². The van der Waals surface area contributed by atoms with Crippen LogP contribution in [0.25, 0.3) is 0 Å². The number of hydrogen-bond acceptors (Lipinski definition) is 3. The molecule has 0 unspecified atom stereocenters. The van der Waals surface area contributed by atoms with Gasteiger partial charge in [-0.15, -0.1) is 0 Å². The predicted molar refractivity (Wildman–Crippen MR) is 73.9 cm³/mol. The predicted octanol–water partition coefficient (Wildman–Crippen LogP) is 1.48. The van der Waals surface area contributed by atoms with E-state index in [4.69, 9.17) is 5.11 Å². The summed E-state index contributed by atoms with van der Waals surface area (Å²) in [6, 6.07) is 0.412. The van der Waals surface area contributed by atoms with E-state index in [1.807, 2.05) is 4.90 Å². The van der Waals surface area contributed by atoms with E-state index in [2.05, 4.69) is 19.2 Å². The fourth-order valence-electron chi connectivity index (χ4n) is 2.42. The molecule has 0 aromatic rings. The number of hydrogen-bond donors (Lipinski definition) is 2. The number of piperidine rings is 1. The molecule has 0 atom stereocenters. The highest BCUT2D eigenvalue weighted by molar-refractivity contribution is 5.76. The molecule has 19 heavy (non-hydrogen) atoms. The van der Waals surface area contributed by atoms with E-state index >= 15 is 0 Å². The van der Waals surface area contributed by atoms with Crippen molar-refractivity contribution in [1.82, 2.24) is 10.2 Å². The third-order valence-electron chi connectivity index (χ3n) is 3.63. The van der Waals surface area contributed by atoms with Gasteiger partial charge >= 0.3 is 5.97 Å². The standard InChI is InChI=1S/C14H26N2O3/c1-11(2)15-8-5-13(17)16-9-6-12(7-10-16)3-4-14(18)19/h11-12,15H,3-10H2,1-2H3,(H,18,19). The van der Waals surface area contributed by atoms with Crippen molar-refractivity contribution in [3.63, 3.8) is 0 Å². The van der Waals surface area contributed by atoms with Crippen molar-refractivity contribution in [2.75, 3.05) is 19.6 Å². The Balaban J connectivity index is 2.18. The summed E-state index contributed by atoms with van der Waals surface area (Å²) in [4.78, 5) is 24.4. The zero-order valence-electron chi connectivity index (χ0n) is 12.0. The van der Waals surface area contributed by atoms with E-state index in [1.54, 1.807) is 0 Å². The smallest absolute Gasteiger partial charge is 0.303 e. The lowest BCUT2D eigenvalue weighted by Gasteiger charge is -2.32. The quantitative estimate of drug-likeness (QED) is 0.735. The van der Waals surface area contributed by atoms with Gasteiger partial charge in [-0.3, -0.25) is 9.59 Å². The van der Waals surface area contributed by atoms with Crippen LogP contribution in [0.2, 0.25) is 0 Å². The molecule has 0 bridgehead atoms. The van der Waals surface area contributed by atoms with Crippen LogP contribution in [0.4, 0.5) is 0 Å². The van der Waals surface area contributed by atoms with Gasteiger partial charge in [0.25, 0.3) is 0 Å². The second-order valence-corrected chi connectivity index (χ2v) is 5.62. The first kappa shape index (κ1) is 16.0. The van der Waals surface area contributed by atoms with Crippen LogP contribution in [0.15, 0.2) is 0 Å². The van der Waals surface area contributed by atoms with Gasteiger partial charge in [0.2, 0.25) is 5.91 Å². The minimum absolute atomic E-state index is 0.213. The number of carboxylic acids is 1. The highest BCUT2D eigenvalue weighted by Gasteiger charge is 2.22. The molecule has 0 spiro atoms. The number of carboxylic acid groups (broad SMARTS) is 1. The topological polar surface area (TPSA) is 69.6 Å². The molecule has 1 fully saturated rings. The molecule has 1 rings (SSSR count). The van der Waals surface area contributed by atoms with E-state index < -0.39 is 5.97 Å². The highest BCUT2D eigenvalue weighted by Crippen LogP contribution is 2.22. The van der Waals surface area contributed by atoms with E-state index in [1.165, 1.54) is 0 Å². The lowest BCUT2D eigenvalue weighted by atomic mass is 9.92. The Hall–Kier alpha value is -1.10. The number of carbonyl (C=O) groups is 2. The molecular formula is C14H26N2O3. The van der Waals surface area contributed by atoms with Crippen LogP contribution in [-0.4, -0.2) is 47.6 Å². The lowest BCUT2D eigenvalue weighted by Crippen LogP contribution is -2.40. The summed E-state index contributed by atoms with van der Waals surface area (Å²) in [5.41, 5.74) is 0. The average Bonchev–Trinajstić information content (AvgIpc) is 2.36. The summed E-state index contributed by atoms with van der Waals surface area (Å²) >= 11 is 0. The molecule has 0 aromatic carbocycles. The monoisotopic (exact) mass is 270 g/mol. The molecule has 0 aliphatic carbocycles. The molecule has 0 saturated carbocycles. The first-order valence-corrected chi connectivity index (χ1v) is 7.22. The molecule has 1 heterocycles. The van der Waals surface area contributed by atoms with Gasteiger partial charge in [-0.25, -0.2) is 0 Å². The van der Waals surface area contributed by atoms with Gasteiger partial charge in [-0.1, -0.05) is 13.8 Å². The average molecular weight is 270 g/mol. The third kappa shape index (κ3) is 6.57. The zero-order valence-corrected chi connectivity index (χ0v) is 12.0. The minimum atomic E-state index is -0.724. The van der Waals surface area contributed by atoms with Crippen LogP contribution >= 0.6 is 0 Å². The summed E-state index contributed by atoms with van der Waals surface area (Å²) in [7, 11) is 0. The van der Waals surface area contributed by atoms with E-state index in [9.17, 15) is 9.59 Å². The van der Waals surface area contributed by atoms with Crippen molar-refractivity contribution in [3.05, 3.63) is 0 Å². The van der Waals surface area contributed by atoms with Gasteiger partial charge in [-0.05, 0) is 25.2 Å². The Morgan fingerprint density at radius 2 is 1.89 bits per heavy atom. The molecule has 5 nitrogen and oxygen atoms in total. The number of likely N-dealkylation sites (tertiary alicyclic amines) is 1. The second-order valence-electron chi connectivity index (χ2n) is 5.62. The van der Waals surface area contributed by atoms with Gasteiger partial charge in [0.15, 0.2) is 0 Å². The van der Waals surface area contributed by atoms with Crippen molar-refractivity contribution in [1.29, 1.82) is 0 Å². The van der Waals surface area contributed by atoms with Gasteiger partial charge in [0, 0.05) is 38.5 Å². The largest absolute Gasteiger partial charge is 0.481 e. The third-order valence-corrected chi connectivity index (χ3v) is 3.63. The number of nitrogens with zero attached hydrogens (tertiary/aromatic N) is 1. The summed E-state index contributed by atoms with van der Waals surface area (Å²) in [5, 5.41) is 11.9. The van der Waals surface area contributed by atoms with Crippen LogP contribution in [0.5, 0.6) is 0 Å². The van der Waals surface area contributed by atoms with E-state index in [0.29, 0.717) is 18.4 Å². The Labute approximate surface area is 115 Å². The Morgan fingerprint density at radius 3 is 2.42 bits per heavy atom. The summed E-state index contributed by atoms with van der Waals surface area (Å²) in [6.07, 6.45) is 3.43. The Kier molecular flexibility index (Phi) is 6.84. The van der Waals surface area contributed by atoms with Crippen LogP contribution in [0.1, 0.15) is 46.0 Å². The molecule has 2 N–H and O–H groups in total. The van der Waals surface area contributed by atoms with Crippen LogP contribution < -0.4 is 5.32 Å². The fraction of sp³-hybridized carbons (Fsp3) is 0.857. The molecule has 110 valence electrons.